The van der Waals surface area contributed by atoms with Crippen LogP contribution in [0.15, 0.2) is 0 Å². The van der Waals surface area contributed by atoms with E-state index in [2.05, 4.69) is 39.5 Å². The lowest BCUT2D eigenvalue weighted by Crippen LogP contribution is -2.38. The van der Waals surface area contributed by atoms with Crippen LogP contribution in [0.2, 0.25) is 0 Å². The number of hydrogen-bond acceptors (Lipinski definition) is 1. The molecule has 0 aromatic heterocycles. The SMILES string of the molecule is CCCCCCCCCCN(CC(CC)CCCC)C(C)CCCCCC. The summed E-state index contributed by atoms with van der Waals surface area (Å²) in [5, 5.41) is 0. The number of rotatable bonds is 21. The molecule has 2 unspecified atom stereocenters. The quantitative estimate of drug-likeness (QED) is 0.179. The minimum absolute atomic E-state index is 0.780. The Bertz CT molecular complexity index is 275. The maximum Gasteiger partial charge on any atom is 0.00670 e. The van der Waals surface area contributed by atoms with Crippen LogP contribution in [0, 0.1) is 5.92 Å². The van der Waals surface area contributed by atoms with Crippen LogP contribution >= 0.6 is 0 Å². The van der Waals surface area contributed by atoms with Crippen LogP contribution in [-0.2, 0) is 0 Å². The van der Waals surface area contributed by atoms with Crippen molar-refractivity contribution in [1.29, 1.82) is 0 Å². The molecule has 0 bridgehead atoms. The summed E-state index contributed by atoms with van der Waals surface area (Å²) in [6, 6.07) is 0.780. The van der Waals surface area contributed by atoms with Gasteiger partial charge in [0.1, 0.15) is 0 Å². The standard InChI is InChI=1S/C26H55N/c1-6-10-13-15-16-17-18-20-23-27(24-26(9-4)22-12-8-3)25(5)21-19-14-11-7-2/h25-26H,6-24H2,1-5H3. The molecule has 0 radical (unpaired) electrons. The zero-order chi connectivity index (χ0) is 20.2. The first-order valence-electron chi connectivity index (χ1n) is 12.9. The molecule has 0 aliphatic rings. The molecule has 164 valence electrons. The molecular formula is C26H55N. The number of hydrogen-bond donors (Lipinski definition) is 0. The van der Waals surface area contributed by atoms with Crippen LogP contribution < -0.4 is 0 Å². The van der Waals surface area contributed by atoms with Gasteiger partial charge in [-0.3, -0.25) is 0 Å². The molecule has 0 fully saturated rings. The van der Waals surface area contributed by atoms with E-state index in [1.165, 1.54) is 122 Å². The summed E-state index contributed by atoms with van der Waals surface area (Å²) in [4.78, 5) is 2.87. The highest BCUT2D eigenvalue weighted by Gasteiger charge is 2.17. The molecule has 0 N–H and O–H groups in total. The molecular weight excluding hydrogens is 326 g/mol. The number of nitrogens with zero attached hydrogens (tertiary/aromatic N) is 1. The van der Waals surface area contributed by atoms with E-state index >= 15 is 0 Å². The second-order valence-electron chi connectivity index (χ2n) is 9.08. The fourth-order valence-corrected chi connectivity index (χ4v) is 4.24. The first-order chi connectivity index (χ1) is 13.2. The molecule has 0 spiro atoms. The first kappa shape index (κ1) is 27.0. The molecule has 0 saturated heterocycles. The largest absolute Gasteiger partial charge is 0.300 e. The lowest BCUT2D eigenvalue weighted by molar-refractivity contribution is 0.156. The van der Waals surface area contributed by atoms with Gasteiger partial charge in [-0.25, -0.2) is 0 Å². The Balaban J connectivity index is 4.24. The van der Waals surface area contributed by atoms with Crippen molar-refractivity contribution in [3.05, 3.63) is 0 Å². The maximum atomic E-state index is 2.87. The third-order valence-electron chi connectivity index (χ3n) is 6.43. The molecule has 1 nitrogen and oxygen atoms in total. The van der Waals surface area contributed by atoms with Gasteiger partial charge in [-0.15, -0.1) is 0 Å². The highest BCUT2D eigenvalue weighted by Crippen LogP contribution is 2.19. The van der Waals surface area contributed by atoms with E-state index in [1.807, 2.05) is 0 Å². The smallest absolute Gasteiger partial charge is 0.00670 e. The zero-order valence-electron chi connectivity index (χ0n) is 20.0. The fraction of sp³-hybridized carbons (Fsp3) is 1.00. The first-order valence-corrected chi connectivity index (χ1v) is 12.9. The van der Waals surface area contributed by atoms with Crippen molar-refractivity contribution in [2.45, 2.75) is 150 Å². The normalized spacial score (nSPS) is 14.0. The monoisotopic (exact) mass is 381 g/mol. The summed E-state index contributed by atoms with van der Waals surface area (Å²) in [5.41, 5.74) is 0. The second kappa shape index (κ2) is 20.7. The van der Waals surface area contributed by atoms with Crippen molar-refractivity contribution < 1.29 is 0 Å². The fourth-order valence-electron chi connectivity index (χ4n) is 4.24. The van der Waals surface area contributed by atoms with Crippen molar-refractivity contribution >= 4 is 0 Å². The van der Waals surface area contributed by atoms with E-state index in [4.69, 9.17) is 0 Å². The van der Waals surface area contributed by atoms with E-state index in [-0.39, 0.29) is 0 Å². The van der Waals surface area contributed by atoms with Gasteiger partial charge in [0, 0.05) is 12.6 Å². The third kappa shape index (κ3) is 16.6. The van der Waals surface area contributed by atoms with Crippen molar-refractivity contribution in [2.75, 3.05) is 13.1 Å². The van der Waals surface area contributed by atoms with Crippen LogP contribution in [-0.4, -0.2) is 24.0 Å². The van der Waals surface area contributed by atoms with E-state index < -0.39 is 0 Å². The van der Waals surface area contributed by atoms with Crippen LogP contribution in [0.1, 0.15) is 144 Å². The Morgan fingerprint density at radius 1 is 0.556 bits per heavy atom. The molecule has 1 heteroatoms. The van der Waals surface area contributed by atoms with Gasteiger partial charge in [0.25, 0.3) is 0 Å². The molecule has 0 rings (SSSR count). The predicted octanol–water partition coefficient (Wildman–Crippen LogP) is 9.00. The highest BCUT2D eigenvalue weighted by atomic mass is 15.1. The van der Waals surface area contributed by atoms with E-state index in [0.717, 1.165) is 12.0 Å². The zero-order valence-corrected chi connectivity index (χ0v) is 20.0. The molecule has 0 aromatic carbocycles. The maximum absolute atomic E-state index is 2.87. The van der Waals surface area contributed by atoms with Crippen LogP contribution in [0.3, 0.4) is 0 Å². The highest BCUT2D eigenvalue weighted by molar-refractivity contribution is 4.72. The second-order valence-corrected chi connectivity index (χ2v) is 9.08. The van der Waals surface area contributed by atoms with Gasteiger partial charge in [0.2, 0.25) is 0 Å². The molecule has 27 heavy (non-hydrogen) atoms. The average molecular weight is 382 g/mol. The Hall–Kier alpha value is -0.0400. The third-order valence-corrected chi connectivity index (χ3v) is 6.43. The topological polar surface area (TPSA) is 3.24 Å². The number of unbranched alkanes of at least 4 members (excludes halogenated alkanes) is 11. The van der Waals surface area contributed by atoms with Crippen LogP contribution in [0.4, 0.5) is 0 Å². The van der Waals surface area contributed by atoms with Gasteiger partial charge >= 0.3 is 0 Å². The summed E-state index contributed by atoms with van der Waals surface area (Å²) in [5.74, 6) is 0.914. The van der Waals surface area contributed by atoms with Crippen LogP contribution in [0.5, 0.6) is 0 Å². The van der Waals surface area contributed by atoms with Gasteiger partial charge in [-0.2, -0.15) is 0 Å². The molecule has 0 aromatic rings. The van der Waals surface area contributed by atoms with Crippen molar-refractivity contribution in [3.63, 3.8) is 0 Å². The lowest BCUT2D eigenvalue weighted by atomic mass is 9.97. The van der Waals surface area contributed by atoms with Gasteiger partial charge in [-0.05, 0) is 38.6 Å². The van der Waals surface area contributed by atoms with Gasteiger partial charge in [0.05, 0.1) is 0 Å². The molecule has 0 saturated carbocycles. The summed E-state index contributed by atoms with van der Waals surface area (Å²) >= 11 is 0. The van der Waals surface area contributed by atoms with E-state index in [9.17, 15) is 0 Å². The molecule has 0 aliphatic heterocycles. The molecule has 0 heterocycles. The van der Waals surface area contributed by atoms with Gasteiger partial charge in [0.15, 0.2) is 0 Å². The minimum Gasteiger partial charge on any atom is -0.300 e. The molecule has 2 atom stereocenters. The lowest BCUT2D eigenvalue weighted by Gasteiger charge is -2.32. The summed E-state index contributed by atoms with van der Waals surface area (Å²) in [6.07, 6.45) is 24.1. The van der Waals surface area contributed by atoms with Gasteiger partial charge < -0.3 is 4.90 Å². The average Bonchev–Trinajstić information content (AvgIpc) is 2.68. The predicted molar refractivity (Wildman–Crippen MR) is 126 cm³/mol. The molecule has 0 aliphatic carbocycles. The van der Waals surface area contributed by atoms with Crippen molar-refractivity contribution in [2.24, 2.45) is 5.92 Å². The summed E-state index contributed by atoms with van der Waals surface area (Å²) in [6.45, 7) is 14.6. The summed E-state index contributed by atoms with van der Waals surface area (Å²) in [7, 11) is 0. The Kier molecular flexibility index (Phi) is 20.7. The van der Waals surface area contributed by atoms with Gasteiger partial charge in [-0.1, -0.05) is 118 Å². The van der Waals surface area contributed by atoms with Crippen molar-refractivity contribution in [1.82, 2.24) is 4.90 Å². The Morgan fingerprint density at radius 3 is 1.63 bits per heavy atom. The Labute approximate surface area is 174 Å². The summed E-state index contributed by atoms with van der Waals surface area (Å²) < 4.78 is 0. The van der Waals surface area contributed by atoms with Crippen LogP contribution in [0.25, 0.3) is 0 Å². The van der Waals surface area contributed by atoms with Crippen molar-refractivity contribution in [3.8, 4) is 0 Å². The minimum atomic E-state index is 0.780. The Morgan fingerprint density at radius 2 is 1.07 bits per heavy atom. The van der Waals surface area contributed by atoms with E-state index in [1.54, 1.807) is 0 Å². The molecule has 0 amide bonds. The van der Waals surface area contributed by atoms with E-state index in [0.29, 0.717) is 0 Å².